The topological polar surface area (TPSA) is 97.2 Å². The van der Waals surface area contributed by atoms with Crippen LogP contribution in [0.15, 0.2) is 29.2 Å². The van der Waals surface area contributed by atoms with Crippen molar-refractivity contribution < 1.29 is 27.6 Å². The van der Waals surface area contributed by atoms with E-state index in [-0.39, 0.29) is 29.2 Å². The Labute approximate surface area is 173 Å². The molecule has 8 nitrogen and oxygen atoms in total. The summed E-state index contributed by atoms with van der Waals surface area (Å²) in [5.74, 6) is -0.574. The minimum absolute atomic E-state index is 0.159. The third-order valence-corrected chi connectivity index (χ3v) is 7.16. The molecule has 1 aliphatic rings. The van der Waals surface area contributed by atoms with Crippen molar-refractivity contribution in [3.63, 3.8) is 0 Å². The van der Waals surface area contributed by atoms with Crippen molar-refractivity contribution in [1.29, 1.82) is 0 Å². The molecular weight excluding hydrogens is 394 g/mol. The second kappa shape index (κ2) is 10.7. The predicted octanol–water partition coefficient (Wildman–Crippen LogP) is 0.514. The molecule has 29 heavy (non-hydrogen) atoms. The lowest BCUT2D eigenvalue weighted by Crippen LogP contribution is -3.14. The highest BCUT2D eigenvalue weighted by Crippen LogP contribution is 2.19. The number of amides is 1. The average Bonchev–Trinajstić information content (AvgIpc) is 2.69. The maximum Gasteiger partial charge on any atom is 0.314 e. The fourth-order valence-electron chi connectivity index (χ4n) is 3.65. The Morgan fingerprint density at radius 2 is 1.97 bits per heavy atom. The molecule has 1 heterocycles. The van der Waals surface area contributed by atoms with Crippen molar-refractivity contribution in [1.82, 2.24) is 4.31 Å². The molecule has 1 aromatic carbocycles. The van der Waals surface area contributed by atoms with Gasteiger partial charge in [-0.1, -0.05) is 19.9 Å². The van der Waals surface area contributed by atoms with Gasteiger partial charge in [0.15, 0.2) is 6.54 Å². The third-order valence-electron chi connectivity index (χ3n) is 5.11. The molecule has 0 saturated carbocycles. The highest BCUT2D eigenvalue weighted by Gasteiger charge is 2.31. The lowest BCUT2D eigenvalue weighted by atomic mass is 9.98. The van der Waals surface area contributed by atoms with Gasteiger partial charge in [0.25, 0.3) is 5.91 Å². The number of hydrogen-bond donors (Lipinski definition) is 2. The molecule has 2 rings (SSSR count). The van der Waals surface area contributed by atoms with Crippen LogP contribution in [0.25, 0.3) is 0 Å². The van der Waals surface area contributed by atoms with Crippen LogP contribution in [-0.2, 0) is 24.3 Å². The number of carbonyl (C=O) groups excluding carboxylic acids is 2. The van der Waals surface area contributed by atoms with Crippen molar-refractivity contribution in [2.75, 3.05) is 44.6 Å². The van der Waals surface area contributed by atoms with Gasteiger partial charge < -0.3 is 15.0 Å². The molecule has 1 saturated heterocycles. The first kappa shape index (κ1) is 23.3. The Kier molecular flexibility index (Phi) is 8.60. The van der Waals surface area contributed by atoms with Crippen LogP contribution in [0.4, 0.5) is 5.69 Å². The summed E-state index contributed by atoms with van der Waals surface area (Å²) in [4.78, 5) is 25.6. The first-order valence-corrected chi connectivity index (χ1v) is 11.7. The molecule has 9 heteroatoms. The highest BCUT2D eigenvalue weighted by atomic mass is 32.2. The second-order valence-corrected chi connectivity index (χ2v) is 9.08. The van der Waals surface area contributed by atoms with Gasteiger partial charge in [0, 0.05) is 18.8 Å². The van der Waals surface area contributed by atoms with E-state index in [1.165, 1.54) is 16.4 Å². The molecule has 0 radical (unpaired) electrons. The van der Waals surface area contributed by atoms with Crippen molar-refractivity contribution in [2.45, 2.75) is 38.5 Å². The zero-order chi connectivity index (χ0) is 21.4. The third kappa shape index (κ3) is 6.25. The molecule has 0 aromatic heterocycles. The molecule has 1 amide bonds. The minimum Gasteiger partial charge on any atom is -0.466 e. The summed E-state index contributed by atoms with van der Waals surface area (Å²) in [6.07, 6.45) is 1.65. The number of esters is 1. The first-order valence-electron chi connectivity index (χ1n) is 10.2. The molecule has 1 aliphatic heterocycles. The quantitative estimate of drug-likeness (QED) is 0.561. The van der Waals surface area contributed by atoms with Crippen LogP contribution in [0.3, 0.4) is 0 Å². The van der Waals surface area contributed by atoms with Crippen molar-refractivity contribution >= 4 is 27.6 Å². The number of hydrogen-bond acceptors (Lipinski definition) is 5. The van der Waals surface area contributed by atoms with Gasteiger partial charge in [0.1, 0.15) is 5.92 Å². The summed E-state index contributed by atoms with van der Waals surface area (Å²) in [7, 11) is -3.58. The summed E-state index contributed by atoms with van der Waals surface area (Å²) in [6, 6.07) is 6.31. The number of piperidine rings is 1. The largest absolute Gasteiger partial charge is 0.466 e. The lowest BCUT2D eigenvalue weighted by Gasteiger charge is -2.28. The number of nitrogens with zero attached hydrogens (tertiary/aromatic N) is 1. The van der Waals surface area contributed by atoms with E-state index in [2.05, 4.69) is 5.32 Å². The molecule has 1 aromatic rings. The van der Waals surface area contributed by atoms with E-state index in [9.17, 15) is 18.0 Å². The number of carbonyl (C=O) groups is 2. The van der Waals surface area contributed by atoms with Gasteiger partial charge in [-0.3, -0.25) is 9.59 Å². The Morgan fingerprint density at radius 1 is 1.24 bits per heavy atom. The van der Waals surface area contributed by atoms with Gasteiger partial charge in [-0.15, -0.1) is 0 Å². The van der Waals surface area contributed by atoms with E-state index < -0.39 is 10.0 Å². The van der Waals surface area contributed by atoms with Gasteiger partial charge in [0.05, 0.1) is 24.6 Å². The zero-order valence-electron chi connectivity index (χ0n) is 17.4. The number of likely N-dealkylation sites (tertiary alicyclic amines) is 1. The zero-order valence-corrected chi connectivity index (χ0v) is 18.3. The molecule has 2 atom stereocenters. The first-order chi connectivity index (χ1) is 13.8. The van der Waals surface area contributed by atoms with Crippen molar-refractivity contribution in [2.24, 2.45) is 5.92 Å². The fourth-order valence-corrected chi connectivity index (χ4v) is 5.16. The number of sulfonamides is 1. The van der Waals surface area contributed by atoms with Gasteiger partial charge in [-0.2, -0.15) is 4.31 Å². The fraction of sp³-hybridized carbons (Fsp3) is 0.600. The Morgan fingerprint density at radius 3 is 2.62 bits per heavy atom. The number of quaternary nitrogens is 1. The van der Waals surface area contributed by atoms with Gasteiger partial charge in [-0.05, 0) is 38.0 Å². The Hall–Kier alpha value is -1.97. The number of nitrogens with one attached hydrogen (secondary N) is 2. The smallest absolute Gasteiger partial charge is 0.314 e. The summed E-state index contributed by atoms with van der Waals surface area (Å²) in [5, 5.41) is 2.79. The minimum atomic E-state index is -3.58. The number of ether oxygens (including phenoxy) is 1. The van der Waals surface area contributed by atoms with Gasteiger partial charge >= 0.3 is 5.97 Å². The lowest BCUT2D eigenvalue weighted by molar-refractivity contribution is -0.899. The van der Waals surface area contributed by atoms with E-state index in [1.807, 2.05) is 0 Å². The standard InChI is InChI=1S/C20H31N3O5S/c1-4-23(5-2)29(26,27)18-11-7-10-17(13-18)21-19(24)15-22-12-8-9-16(14-22)20(25)28-6-3/h7,10-11,13,16H,4-6,8-9,12,14-15H2,1-3H3,(H,21,24)/p+1/t16-/m1/s1. The molecule has 162 valence electrons. The molecule has 1 fully saturated rings. The van der Waals surface area contributed by atoms with E-state index in [0.717, 1.165) is 24.3 Å². The van der Waals surface area contributed by atoms with Gasteiger partial charge in [-0.25, -0.2) is 8.42 Å². The normalized spacial score (nSPS) is 19.7. The Balaban J connectivity index is 2.00. The summed E-state index contributed by atoms with van der Waals surface area (Å²) < 4.78 is 31.8. The maximum absolute atomic E-state index is 12.7. The molecular formula is C20H32N3O5S+. The Bertz CT molecular complexity index is 808. The molecule has 1 unspecified atom stereocenters. The molecule has 2 N–H and O–H groups in total. The number of benzene rings is 1. The van der Waals surface area contributed by atoms with Crippen LogP contribution >= 0.6 is 0 Å². The second-order valence-electron chi connectivity index (χ2n) is 7.14. The predicted molar refractivity (Wildman–Crippen MR) is 110 cm³/mol. The monoisotopic (exact) mass is 426 g/mol. The van der Waals surface area contributed by atoms with E-state index in [4.69, 9.17) is 4.74 Å². The average molecular weight is 427 g/mol. The molecule has 0 bridgehead atoms. The van der Waals surface area contributed by atoms with Crippen molar-refractivity contribution in [3.05, 3.63) is 24.3 Å². The van der Waals surface area contributed by atoms with Crippen LogP contribution in [0.5, 0.6) is 0 Å². The van der Waals surface area contributed by atoms with Crippen LogP contribution in [0.1, 0.15) is 33.6 Å². The van der Waals surface area contributed by atoms with Crippen LogP contribution in [-0.4, -0.2) is 63.9 Å². The summed E-state index contributed by atoms with van der Waals surface area (Å²) >= 11 is 0. The van der Waals surface area contributed by atoms with Crippen LogP contribution in [0, 0.1) is 5.92 Å². The number of anilines is 1. The summed E-state index contributed by atoms with van der Waals surface area (Å²) in [5.41, 5.74) is 0.446. The molecule has 0 spiro atoms. The highest BCUT2D eigenvalue weighted by molar-refractivity contribution is 7.89. The number of rotatable bonds is 9. The van der Waals surface area contributed by atoms with Gasteiger partial charge in [0.2, 0.25) is 10.0 Å². The van der Waals surface area contributed by atoms with E-state index >= 15 is 0 Å². The molecule has 0 aliphatic carbocycles. The summed E-state index contributed by atoms with van der Waals surface area (Å²) in [6.45, 7) is 8.11. The van der Waals surface area contributed by atoms with Crippen LogP contribution < -0.4 is 10.2 Å². The van der Waals surface area contributed by atoms with E-state index in [1.54, 1.807) is 32.9 Å². The van der Waals surface area contributed by atoms with Crippen molar-refractivity contribution in [3.8, 4) is 0 Å². The van der Waals surface area contributed by atoms with Crippen LogP contribution in [0.2, 0.25) is 0 Å². The maximum atomic E-state index is 12.7. The SMILES string of the molecule is CCOC(=O)[C@@H]1CCC[NH+](CC(=O)Nc2cccc(S(=O)(=O)N(CC)CC)c2)C1. The van der Waals surface area contributed by atoms with E-state index in [0.29, 0.717) is 31.9 Å².